The summed E-state index contributed by atoms with van der Waals surface area (Å²) in [6.07, 6.45) is -2.37. The molecule has 5 heteroatoms. The SMILES string of the molecule is C=O.Cc1ccc(F)cc1CN(CC(F)F)C(C)C. The van der Waals surface area contributed by atoms with Crippen molar-refractivity contribution in [2.24, 2.45) is 0 Å². The van der Waals surface area contributed by atoms with E-state index in [1.54, 1.807) is 11.0 Å². The summed E-state index contributed by atoms with van der Waals surface area (Å²) in [6.45, 7) is 7.64. The molecule has 0 amide bonds. The minimum Gasteiger partial charge on any atom is -0.307 e. The van der Waals surface area contributed by atoms with E-state index in [2.05, 4.69) is 0 Å². The Morgan fingerprint density at radius 3 is 2.32 bits per heavy atom. The maximum Gasteiger partial charge on any atom is 0.251 e. The maximum atomic E-state index is 13.1. The van der Waals surface area contributed by atoms with Crippen molar-refractivity contribution in [1.82, 2.24) is 4.90 Å². The largest absolute Gasteiger partial charge is 0.307 e. The lowest BCUT2D eigenvalue weighted by Gasteiger charge is -2.26. The number of nitrogens with zero attached hydrogens (tertiary/aromatic N) is 1. The Kier molecular flexibility index (Phi) is 8.07. The van der Waals surface area contributed by atoms with E-state index >= 15 is 0 Å². The van der Waals surface area contributed by atoms with Gasteiger partial charge in [0.1, 0.15) is 12.6 Å². The van der Waals surface area contributed by atoms with Crippen LogP contribution in [0.3, 0.4) is 0 Å². The lowest BCUT2D eigenvalue weighted by molar-refractivity contribution is -0.0979. The van der Waals surface area contributed by atoms with E-state index in [9.17, 15) is 13.2 Å². The number of benzene rings is 1. The Morgan fingerprint density at radius 1 is 1.26 bits per heavy atom. The van der Waals surface area contributed by atoms with E-state index in [1.807, 2.05) is 27.6 Å². The van der Waals surface area contributed by atoms with Gasteiger partial charge in [-0.3, -0.25) is 4.90 Å². The van der Waals surface area contributed by atoms with E-state index in [-0.39, 0.29) is 18.4 Å². The van der Waals surface area contributed by atoms with Gasteiger partial charge in [0.05, 0.1) is 6.54 Å². The minimum atomic E-state index is -2.37. The predicted octanol–water partition coefficient (Wildman–Crippen LogP) is 3.42. The molecule has 2 nitrogen and oxygen atoms in total. The summed E-state index contributed by atoms with van der Waals surface area (Å²) in [5.41, 5.74) is 1.69. The Balaban J connectivity index is 0.00000154. The number of aryl methyl sites for hydroxylation is 1. The first-order valence-electron chi connectivity index (χ1n) is 5.96. The average Bonchev–Trinajstić information content (AvgIpc) is 2.34. The molecular formula is C14H20F3NO. The second-order valence-electron chi connectivity index (χ2n) is 4.49. The lowest BCUT2D eigenvalue weighted by Crippen LogP contribution is -2.34. The molecule has 0 saturated heterocycles. The van der Waals surface area contributed by atoms with Crippen LogP contribution in [0, 0.1) is 12.7 Å². The standard InChI is InChI=1S/C13H18F3N.CH2O/c1-9(2)17(8-13(15)16)7-11-6-12(14)5-4-10(11)3;1-2/h4-6,9,13H,7-8H2,1-3H3;1H2. The van der Waals surface area contributed by atoms with Gasteiger partial charge in [-0.25, -0.2) is 13.2 Å². The molecule has 0 N–H and O–H groups in total. The van der Waals surface area contributed by atoms with Gasteiger partial charge >= 0.3 is 0 Å². The van der Waals surface area contributed by atoms with Gasteiger partial charge < -0.3 is 4.79 Å². The molecule has 0 aromatic heterocycles. The summed E-state index contributed by atoms with van der Waals surface area (Å²) < 4.78 is 37.9. The van der Waals surface area contributed by atoms with Crippen molar-refractivity contribution in [2.75, 3.05) is 6.54 Å². The summed E-state index contributed by atoms with van der Waals surface area (Å²) in [6, 6.07) is 4.47. The molecule has 1 aromatic rings. The van der Waals surface area contributed by atoms with Gasteiger partial charge in [0.25, 0.3) is 6.43 Å². The molecule has 0 aliphatic heterocycles. The van der Waals surface area contributed by atoms with E-state index in [4.69, 9.17) is 4.79 Å². The predicted molar refractivity (Wildman–Crippen MR) is 69.8 cm³/mol. The second kappa shape index (κ2) is 8.69. The minimum absolute atomic E-state index is 0.00617. The van der Waals surface area contributed by atoms with Crippen LogP contribution < -0.4 is 0 Å². The molecule has 0 bridgehead atoms. The van der Waals surface area contributed by atoms with Crippen molar-refractivity contribution in [3.05, 3.63) is 35.1 Å². The molecule has 0 heterocycles. The van der Waals surface area contributed by atoms with Crippen LogP contribution in [-0.4, -0.2) is 30.7 Å². The normalized spacial score (nSPS) is 10.8. The van der Waals surface area contributed by atoms with E-state index in [0.29, 0.717) is 6.54 Å². The van der Waals surface area contributed by atoms with Crippen molar-refractivity contribution in [1.29, 1.82) is 0 Å². The molecule has 1 rings (SSSR count). The first kappa shape index (κ1) is 17.6. The second-order valence-corrected chi connectivity index (χ2v) is 4.49. The number of hydrogen-bond acceptors (Lipinski definition) is 2. The third kappa shape index (κ3) is 6.38. The van der Waals surface area contributed by atoms with Crippen LogP contribution in [0.2, 0.25) is 0 Å². The third-order valence-electron chi connectivity index (χ3n) is 2.79. The van der Waals surface area contributed by atoms with Crippen LogP contribution in [0.25, 0.3) is 0 Å². The van der Waals surface area contributed by atoms with Crippen molar-refractivity contribution in [2.45, 2.75) is 39.8 Å². The van der Waals surface area contributed by atoms with Gasteiger partial charge in [-0.2, -0.15) is 0 Å². The van der Waals surface area contributed by atoms with E-state index in [0.717, 1.165) is 11.1 Å². The van der Waals surface area contributed by atoms with E-state index < -0.39 is 6.43 Å². The highest BCUT2D eigenvalue weighted by Gasteiger charge is 2.16. The molecule has 0 aliphatic rings. The number of carbonyl (C=O) groups is 1. The summed E-state index contributed by atoms with van der Waals surface area (Å²) in [5, 5.41) is 0. The van der Waals surface area contributed by atoms with Crippen LogP contribution in [-0.2, 0) is 11.3 Å². The zero-order valence-corrected chi connectivity index (χ0v) is 11.5. The summed E-state index contributed by atoms with van der Waals surface area (Å²) in [5.74, 6) is -0.327. The fraction of sp³-hybridized carbons (Fsp3) is 0.500. The number of alkyl halides is 2. The van der Waals surface area contributed by atoms with Gasteiger partial charge in [0.15, 0.2) is 0 Å². The highest BCUT2D eigenvalue weighted by Crippen LogP contribution is 2.15. The van der Waals surface area contributed by atoms with Crippen molar-refractivity contribution in [3.8, 4) is 0 Å². The van der Waals surface area contributed by atoms with Crippen molar-refractivity contribution < 1.29 is 18.0 Å². The highest BCUT2D eigenvalue weighted by molar-refractivity contribution is 5.26. The number of carbonyl (C=O) groups excluding carboxylic acids is 1. The van der Waals surface area contributed by atoms with Gasteiger partial charge in [-0.15, -0.1) is 0 Å². The molecule has 108 valence electrons. The molecule has 0 unspecified atom stereocenters. The summed E-state index contributed by atoms with van der Waals surface area (Å²) in [4.78, 5) is 9.65. The number of rotatable bonds is 5. The van der Waals surface area contributed by atoms with Gasteiger partial charge in [-0.1, -0.05) is 6.07 Å². The summed E-state index contributed by atoms with van der Waals surface area (Å²) in [7, 11) is 0. The van der Waals surface area contributed by atoms with Crippen LogP contribution in [0.15, 0.2) is 18.2 Å². The fourth-order valence-corrected chi connectivity index (χ4v) is 1.66. The Labute approximate surface area is 112 Å². The maximum absolute atomic E-state index is 13.1. The topological polar surface area (TPSA) is 20.3 Å². The van der Waals surface area contributed by atoms with Crippen LogP contribution in [0.4, 0.5) is 13.2 Å². The molecule has 0 spiro atoms. The Bertz CT molecular complexity index is 383. The van der Waals surface area contributed by atoms with Crippen LogP contribution >= 0.6 is 0 Å². The first-order valence-corrected chi connectivity index (χ1v) is 5.96. The first-order chi connectivity index (χ1) is 8.90. The van der Waals surface area contributed by atoms with Crippen molar-refractivity contribution >= 4 is 6.79 Å². The molecule has 0 atom stereocenters. The third-order valence-corrected chi connectivity index (χ3v) is 2.79. The van der Waals surface area contributed by atoms with Gasteiger partial charge in [0, 0.05) is 12.6 Å². The fourth-order valence-electron chi connectivity index (χ4n) is 1.66. The van der Waals surface area contributed by atoms with E-state index in [1.165, 1.54) is 12.1 Å². The van der Waals surface area contributed by atoms with Gasteiger partial charge in [-0.05, 0) is 44.0 Å². The molecule has 0 saturated carbocycles. The molecular weight excluding hydrogens is 255 g/mol. The quantitative estimate of drug-likeness (QED) is 0.820. The number of halogens is 3. The molecule has 1 aromatic carbocycles. The Hall–Kier alpha value is -1.36. The average molecular weight is 275 g/mol. The molecule has 0 radical (unpaired) electrons. The zero-order valence-electron chi connectivity index (χ0n) is 11.5. The molecule has 0 aliphatic carbocycles. The van der Waals surface area contributed by atoms with Gasteiger partial charge in [0.2, 0.25) is 0 Å². The Morgan fingerprint density at radius 2 is 1.84 bits per heavy atom. The van der Waals surface area contributed by atoms with Crippen LogP contribution in [0.5, 0.6) is 0 Å². The van der Waals surface area contributed by atoms with Crippen LogP contribution in [0.1, 0.15) is 25.0 Å². The molecule has 0 fully saturated rings. The highest BCUT2D eigenvalue weighted by atomic mass is 19.3. The monoisotopic (exact) mass is 275 g/mol. The van der Waals surface area contributed by atoms with Crippen molar-refractivity contribution in [3.63, 3.8) is 0 Å². The number of hydrogen-bond donors (Lipinski definition) is 0. The molecule has 19 heavy (non-hydrogen) atoms. The summed E-state index contributed by atoms with van der Waals surface area (Å²) >= 11 is 0. The zero-order chi connectivity index (χ0) is 15.0. The smallest absolute Gasteiger partial charge is 0.251 e. The lowest BCUT2D eigenvalue weighted by atomic mass is 10.1.